The average Bonchev–Trinajstić information content (AvgIpc) is 2.55. The number of aromatic nitrogens is 1. The van der Waals surface area contributed by atoms with Crippen molar-refractivity contribution in [2.24, 2.45) is 10.9 Å². The maximum atomic E-state index is 12.3. The Morgan fingerprint density at radius 3 is 2.68 bits per heavy atom. The van der Waals surface area contributed by atoms with Gasteiger partial charge in [-0.15, -0.1) is 24.0 Å². The van der Waals surface area contributed by atoms with Gasteiger partial charge < -0.3 is 15.0 Å². The van der Waals surface area contributed by atoms with Crippen molar-refractivity contribution in [3.63, 3.8) is 0 Å². The van der Waals surface area contributed by atoms with Crippen LogP contribution in [0.25, 0.3) is 0 Å². The minimum atomic E-state index is -4.39. The summed E-state index contributed by atoms with van der Waals surface area (Å²) in [6.07, 6.45) is -0.764. The summed E-state index contributed by atoms with van der Waals surface area (Å²) in [4.78, 5) is 10.3. The van der Waals surface area contributed by atoms with Crippen LogP contribution in [0.3, 0.4) is 0 Å². The van der Waals surface area contributed by atoms with E-state index in [0.717, 1.165) is 31.9 Å². The van der Waals surface area contributed by atoms with Crippen LogP contribution < -0.4 is 10.1 Å². The molecule has 0 aromatic carbocycles. The second-order valence-corrected chi connectivity index (χ2v) is 5.94. The Kier molecular flexibility index (Phi) is 8.74. The third-order valence-corrected chi connectivity index (χ3v) is 3.95. The molecular weight excluding hydrogens is 448 g/mol. The zero-order valence-electron chi connectivity index (χ0n) is 14.3. The minimum absolute atomic E-state index is 0. The first-order valence-corrected chi connectivity index (χ1v) is 7.98. The highest BCUT2D eigenvalue weighted by Gasteiger charge is 2.29. The van der Waals surface area contributed by atoms with Crippen molar-refractivity contribution in [1.82, 2.24) is 15.2 Å². The number of pyridine rings is 1. The van der Waals surface area contributed by atoms with Gasteiger partial charge >= 0.3 is 6.18 Å². The minimum Gasteiger partial charge on any atom is -0.468 e. The molecule has 1 aliphatic heterocycles. The highest BCUT2D eigenvalue weighted by Crippen LogP contribution is 2.20. The van der Waals surface area contributed by atoms with E-state index in [1.54, 1.807) is 19.2 Å². The van der Waals surface area contributed by atoms with Crippen molar-refractivity contribution in [3.05, 3.63) is 23.9 Å². The van der Waals surface area contributed by atoms with Crippen LogP contribution in [0.5, 0.6) is 5.88 Å². The predicted octanol–water partition coefficient (Wildman–Crippen LogP) is 3.45. The molecule has 2 heterocycles. The van der Waals surface area contributed by atoms with Crippen LogP contribution in [0, 0.1) is 5.92 Å². The van der Waals surface area contributed by atoms with E-state index in [9.17, 15) is 13.2 Å². The van der Waals surface area contributed by atoms with Gasteiger partial charge in [0, 0.05) is 38.4 Å². The van der Waals surface area contributed by atoms with Gasteiger partial charge in [0.25, 0.3) is 0 Å². The summed E-state index contributed by atoms with van der Waals surface area (Å²) in [6, 6.07) is 3.36. The summed E-state index contributed by atoms with van der Waals surface area (Å²) < 4.78 is 41.8. The van der Waals surface area contributed by atoms with E-state index in [2.05, 4.69) is 27.1 Å². The largest absolute Gasteiger partial charge is 0.468 e. The molecule has 1 aliphatic rings. The fraction of sp³-hybridized carbons (Fsp3) is 0.625. The number of nitrogens with zero attached hydrogens (tertiary/aromatic N) is 3. The Bertz CT molecular complexity index is 561. The molecule has 9 heteroatoms. The number of aliphatic imine (C=N–C) groups is 1. The van der Waals surface area contributed by atoms with Gasteiger partial charge in [-0.25, -0.2) is 4.98 Å². The molecule has 1 aromatic heterocycles. The van der Waals surface area contributed by atoms with Crippen LogP contribution in [0.1, 0.15) is 25.3 Å². The third-order valence-electron chi connectivity index (χ3n) is 3.95. The van der Waals surface area contributed by atoms with Crippen LogP contribution >= 0.6 is 24.0 Å². The number of halogens is 4. The monoisotopic (exact) mass is 472 g/mol. The molecule has 0 spiro atoms. The van der Waals surface area contributed by atoms with Crippen molar-refractivity contribution < 1.29 is 17.9 Å². The van der Waals surface area contributed by atoms with E-state index < -0.39 is 12.8 Å². The number of nitrogens with one attached hydrogen (secondary N) is 1. The summed E-state index contributed by atoms with van der Waals surface area (Å²) >= 11 is 0. The summed E-state index contributed by atoms with van der Waals surface area (Å²) in [7, 11) is 1.70. The number of hydrogen-bond donors (Lipinski definition) is 1. The van der Waals surface area contributed by atoms with E-state index in [1.807, 2.05) is 0 Å². The average molecular weight is 472 g/mol. The molecule has 0 saturated carbocycles. The van der Waals surface area contributed by atoms with E-state index in [-0.39, 0.29) is 29.9 Å². The molecule has 25 heavy (non-hydrogen) atoms. The van der Waals surface area contributed by atoms with Crippen molar-refractivity contribution in [2.75, 3.05) is 26.7 Å². The van der Waals surface area contributed by atoms with E-state index in [4.69, 9.17) is 4.74 Å². The lowest BCUT2D eigenvalue weighted by molar-refractivity contribution is -0.154. The second-order valence-electron chi connectivity index (χ2n) is 5.94. The maximum absolute atomic E-state index is 12.3. The van der Waals surface area contributed by atoms with Crippen LogP contribution in [0.4, 0.5) is 13.2 Å². The maximum Gasteiger partial charge on any atom is 0.422 e. The van der Waals surface area contributed by atoms with Crippen molar-refractivity contribution in [2.45, 2.75) is 32.5 Å². The molecule has 142 valence electrons. The van der Waals surface area contributed by atoms with Gasteiger partial charge in [0.05, 0.1) is 0 Å². The molecule has 1 fully saturated rings. The van der Waals surface area contributed by atoms with Crippen LogP contribution in [-0.4, -0.2) is 48.8 Å². The topological polar surface area (TPSA) is 49.8 Å². The molecule has 1 N–H and O–H groups in total. The predicted molar refractivity (Wildman–Crippen MR) is 101 cm³/mol. The Morgan fingerprint density at radius 1 is 1.40 bits per heavy atom. The third kappa shape index (κ3) is 7.25. The normalized spacial score (nSPS) is 16.4. The molecule has 1 saturated heterocycles. The SMILES string of the molecule is CN=C(NCc1cccnc1OCC(F)(F)F)N1CCC(C)CC1.I. The molecule has 0 aliphatic carbocycles. The Morgan fingerprint density at radius 2 is 2.08 bits per heavy atom. The Hall–Kier alpha value is -1.26. The van der Waals surface area contributed by atoms with Gasteiger partial charge in [0.1, 0.15) is 0 Å². The van der Waals surface area contributed by atoms with Crippen LogP contribution in [-0.2, 0) is 6.54 Å². The zero-order valence-corrected chi connectivity index (χ0v) is 16.7. The zero-order chi connectivity index (χ0) is 17.6. The van der Waals surface area contributed by atoms with Gasteiger partial charge in [-0.05, 0) is 24.8 Å². The van der Waals surface area contributed by atoms with Crippen LogP contribution in [0.2, 0.25) is 0 Å². The van der Waals surface area contributed by atoms with E-state index in [1.165, 1.54) is 6.20 Å². The lowest BCUT2D eigenvalue weighted by Gasteiger charge is -2.33. The number of likely N-dealkylation sites (tertiary alicyclic amines) is 1. The molecular formula is C16H24F3IN4O. The number of rotatable bonds is 4. The van der Waals surface area contributed by atoms with Crippen molar-refractivity contribution in [1.29, 1.82) is 0 Å². The number of alkyl halides is 3. The molecule has 5 nitrogen and oxygen atoms in total. The molecule has 0 unspecified atom stereocenters. The number of guanidine groups is 1. The lowest BCUT2D eigenvalue weighted by Crippen LogP contribution is -2.45. The molecule has 1 aromatic rings. The number of hydrogen-bond acceptors (Lipinski definition) is 3. The van der Waals surface area contributed by atoms with Gasteiger partial charge in [-0.3, -0.25) is 4.99 Å². The molecule has 0 atom stereocenters. The quantitative estimate of drug-likeness (QED) is 0.415. The first-order chi connectivity index (χ1) is 11.4. The highest BCUT2D eigenvalue weighted by atomic mass is 127. The van der Waals surface area contributed by atoms with Crippen LogP contribution in [0.15, 0.2) is 23.3 Å². The molecule has 0 radical (unpaired) electrons. The fourth-order valence-corrected chi connectivity index (χ4v) is 2.57. The lowest BCUT2D eigenvalue weighted by atomic mass is 10.00. The first kappa shape index (κ1) is 21.8. The van der Waals surface area contributed by atoms with Gasteiger partial charge in [0.15, 0.2) is 12.6 Å². The second kappa shape index (κ2) is 10.0. The Balaban J connectivity index is 0.00000312. The molecule has 2 rings (SSSR count). The van der Waals surface area contributed by atoms with E-state index >= 15 is 0 Å². The van der Waals surface area contributed by atoms with Crippen molar-refractivity contribution >= 4 is 29.9 Å². The van der Waals surface area contributed by atoms with Crippen molar-refractivity contribution in [3.8, 4) is 5.88 Å². The summed E-state index contributed by atoms with van der Waals surface area (Å²) in [5.74, 6) is 1.44. The molecule has 0 amide bonds. The van der Waals surface area contributed by atoms with Gasteiger partial charge in [0.2, 0.25) is 5.88 Å². The highest BCUT2D eigenvalue weighted by molar-refractivity contribution is 14.0. The molecule has 0 bridgehead atoms. The number of ether oxygens (including phenoxy) is 1. The van der Waals surface area contributed by atoms with E-state index in [0.29, 0.717) is 18.0 Å². The first-order valence-electron chi connectivity index (χ1n) is 7.98. The Labute approximate surface area is 163 Å². The van der Waals surface area contributed by atoms with Gasteiger partial charge in [-0.2, -0.15) is 13.2 Å². The summed E-state index contributed by atoms with van der Waals surface area (Å²) in [5, 5.41) is 3.18. The van der Waals surface area contributed by atoms with Gasteiger partial charge in [-0.1, -0.05) is 13.0 Å². The summed E-state index contributed by atoms with van der Waals surface area (Å²) in [5.41, 5.74) is 0.563. The smallest absolute Gasteiger partial charge is 0.422 e. The standard InChI is InChI=1S/C16H23F3N4O.HI/c1-12-5-8-23(9-6-12)15(20-2)22-10-13-4-3-7-21-14(13)24-11-16(17,18)19;/h3-4,7,12H,5-6,8-11H2,1-2H3,(H,20,22);1H. The summed E-state index contributed by atoms with van der Waals surface area (Å²) in [6.45, 7) is 3.03. The number of piperidine rings is 1. The fourth-order valence-electron chi connectivity index (χ4n) is 2.57.